The number of hydrogen-bond donors (Lipinski definition) is 1. The summed E-state index contributed by atoms with van der Waals surface area (Å²) in [6.07, 6.45) is 11.3. The number of nitrogens with one attached hydrogen (secondary N) is 1. The second kappa shape index (κ2) is 7.24. The number of hydrogen-bond acceptors (Lipinski definition) is 2. The van der Waals surface area contributed by atoms with E-state index in [0.29, 0.717) is 0 Å². The van der Waals surface area contributed by atoms with Gasteiger partial charge in [-0.25, -0.2) is 0 Å². The minimum atomic E-state index is 0.782. The largest absolute Gasteiger partial charge is 0.311 e. The lowest BCUT2D eigenvalue weighted by Gasteiger charge is -2.37. The first kappa shape index (κ1) is 14.8. The highest BCUT2D eigenvalue weighted by Gasteiger charge is 2.35. The predicted octanol–water partition coefficient (Wildman–Crippen LogP) is 3.69. The molecule has 2 saturated heterocycles. The molecule has 0 aromatic heterocycles. The van der Waals surface area contributed by atoms with Crippen molar-refractivity contribution in [3.63, 3.8) is 0 Å². The molecule has 0 radical (unpaired) electrons. The smallest absolute Gasteiger partial charge is 0.0169 e. The van der Waals surface area contributed by atoms with Crippen LogP contribution in [0.5, 0.6) is 0 Å². The number of fused-ring (bicyclic) bond motifs is 2. The Labute approximate surface area is 129 Å². The summed E-state index contributed by atoms with van der Waals surface area (Å²) >= 11 is 0. The molecule has 2 bridgehead atoms. The van der Waals surface area contributed by atoms with Gasteiger partial charge in [-0.1, -0.05) is 49.4 Å². The minimum Gasteiger partial charge on any atom is -0.311 e. The van der Waals surface area contributed by atoms with E-state index in [4.69, 9.17) is 0 Å². The van der Waals surface area contributed by atoms with Crippen LogP contribution in [-0.4, -0.2) is 36.1 Å². The van der Waals surface area contributed by atoms with E-state index in [9.17, 15) is 0 Å². The Morgan fingerprint density at radius 3 is 2.52 bits per heavy atom. The van der Waals surface area contributed by atoms with E-state index >= 15 is 0 Å². The molecule has 3 rings (SSSR count). The van der Waals surface area contributed by atoms with Crippen LogP contribution in [0.3, 0.4) is 0 Å². The first-order chi connectivity index (χ1) is 10.3. The monoisotopic (exact) mass is 284 g/mol. The van der Waals surface area contributed by atoms with Gasteiger partial charge in [0.25, 0.3) is 0 Å². The molecule has 1 aromatic carbocycles. The van der Waals surface area contributed by atoms with Crippen LogP contribution in [0.4, 0.5) is 0 Å². The standard InChI is InChI=1S/C19H28N2/c1-2-12-21(13-6-9-16-7-4-3-5-8-16)19-14-17-10-11-18(15-19)20-17/h3-9,17-20H,2,10-15H2,1H3. The summed E-state index contributed by atoms with van der Waals surface area (Å²) in [5, 5.41) is 3.75. The van der Waals surface area contributed by atoms with E-state index in [1.54, 1.807) is 0 Å². The zero-order valence-electron chi connectivity index (χ0n) is 13.2. The normalized spacial score (nSPS) is 28.6. The van der Waals surface area contributed by atoms with E-state index in [1.165, 1.54) is 44.2 Å². The van der Waals surface area contributed by atoms with Crippen LogP contribution in [0.2, 0.25) is 0 Å². The number of benzene rings is 1. The van der Waals surface area contributed by atoms with E-state index in [1.807, 2.05) is 0 Å². The van der Waals surface area contributed by atoms with Gasteiger partial charge in [0.2, 0.25) is 0 Å². The SMILES string of the molecule is CCCN(CC=Cc1ccccc1)C1CC2CCC(C1)N2. The summed E-state index contributed by atoms with van der Waals surface area (Å²) in [5.41, 5.74) is 1.30. The van der Waals surface area contributed by atoms with Crippen LogP contribution in [-0.2, 0) is 0 Å². The molecule has 2 fully saturated rings. The van der Waals surface area contributed by atoms with Gasteiger partial charge in [0, 0.05) is 24.7 Å². The molecule has 0 aliphatic carbocycles. The van der Waals surface area contributed by atoms with Crippen molar-refractivity contribution in [2.75, 3.05) is 13.1 Å². The second-order valence-electron chi connectivity index (χ2n) is 6.57. The highest BCUT2D eigenvalue weighted by molar-refractivity contribution is 5.48. The fraction of sp³-hybridized carbons (Fsp3) is 0.579. The van der Waals surface area contributed by atoms with E-state index < -0.39 is 0 Å². The highest BCUT2D eigenvalue weighted by atomic mass is 15.2. The number of rotatable bonds is 6. The average Bonchev–Trinajstić information content (AvgIpc) is 2.86. The molecule has 2 atom stereocenters. The Morgan fingerprint density at radius 1 is 1.14 bits per heavy atom. The minimum absolute atomic E-state index is 0.782. The van der Waals surface area contributed by atoms with Crippen molar-refractivity contribution in [1.29, 1.82) is 0 Å². The molecular weight excluding hydrogens is 256 g/mol. The van der Waals surface area contributed by atoms with Gasteiger partial charge in [-0.05, 0) is 44.2 Å². The lowest BCUT2D eigenvalue weighted by Crippen LogP contribution is -2.48. The topological polar surface area (TPSA) is 15.3 Å². The fourth-order valence-electron chi connectivity index (χ4n) is 3.92. The summed E-state index contributed by atoms with van der Waals surface area (Å²) in [7, 11) is 0. The number of piperidine rings is 1. The van der Waals surface area contributed by atoms with Gasteiger partial charge in [0.05, 0.1) is 0 Å². The first-order valence-corrected chi connectivity index (χ1v) is 8.57. The summed E-state index contributed by atoms with van der Waals surface area (Å²) < 4.78 is 0. The van der Waals surface area contributed by atoms with Gasteiger partial charge >= 0.3 is 0 Å². The van der Waals surface area contributed by atoms with Crippen LogP contribution < -0.4 is 5.32 Å². The van der Waals surface area contributed by atoms with Gasteiger partial charge in [0.1, 0.15) is 0 Å². The van der Waals surface area contributed by atoms with Crippen molar-refractivity contribution in [1.82, 2.24) is 10.2 Å². The third kappa shape index (κ3) is 3.96. The Kier molecular flexibility index (Phi) is 5.10. The molecule has 2 aliphatic rings. The third-order valence-electron chi connectivity index (χ3n) is 4.93. The highest BCUT2D eigenvalue weighted by Crippen LogP contribution is 2.29. The fourth-order valence-corrected chi connectivity index (χ4v) is 3.92. The Hall–Kier alpha value is -1.12. The summed E-state index contributed by atoms with van der Waals surface area (Å²) in [6, 6.07) is 13.0. The lowest BCUT2D eigenvalue weighted by atomic mass is 9.98. The molecule has 2 aliphatic heterocycles. The van der Waals surface area contributed by atoms with E-state index in [0.717, 1.165) is 24.7 Å². The molecule has 0 amide bonds. The Bertz CT molecular complexity index is 442. The first-order valence-electron chi connectivity index (χ1n) is 8.57. The molecular formula is C19H28N2. The molecule has 0 saturated carbocycles. The van der Waals surface area contributed by atoms with Crippen molar-refractivity contribution in [2.45, 2.75) is 57.2 Å². The number of nitrogens with zero attached hydrogens (tertiary/aromatic N) is 1. The van der Waals surface area contributed by atoms with Crippen LogP contribution in [0.25, 0.3) is 6.08 Å². The third-order valence-corrected chi connectivity index (χ3v) is 4.93. The summed E-state index contributed by atoms with van der Waals surface area (Å²) in [6.45, 7) is 4.61. The quantitative estimate of drug-likeness (QED) is 0.857. The van der Waals surface area contributed by atoms with Gasteiger partial charge in [-0.3, -0.25) is 4.90 Å². The molecule has 1 N–H and O–H groups in total. The van der Waals surface area contributed by atoms with E-state index in [2.05, 4.69) is 59.6 Å². The molecule has 21 heavy (non-hydrogen) atoms. The molecule has 2 nitrogen and oxygen atoms in total. The maximum absolute atomic E-state index is 3.75. The zero-order valence-corrected chi connectivity index (χ0v) is 13.2. The second-order valence-corrected chi connectivity index (χ2v) is 6.57. The Morgan fingerprint density at radius 2 is 1.86 bits per heavy atom. The molecule has 2 unspecified atom stereocenters. The van der Waals surface area contributed by atoms with Gasteiger partial charge in [-0.2, -0.15) is 0 Å². The lowest BCUT2D eigenvalue weighted by molar-refractivity contribution is 0.156. The molecule has 2 heteroatoms. The summed E-state index contributed by atoms with van der Waals surface area (Å²) in [5.74, 6) is 0. The van der Waals surface area contributed by atoms with Crippen LogP contribution >= 0.6 is 0 Å². The van der Waals surface area contributed by atoms with Crippen molar-refractivity contribution in [3.05, 3.63) is 42.0 Å². The van der Waals surface area contributed by atoms with Crippen molar-refractivity contribution in [2.24, 2.45) is 0 Å². The molecule has 0 spiro atoms. The van der Waals surface area contributed by atoms with Crippen molar-refractivity contribution < 1.29 is 0 Å². The summed E-state index contributed by atoms with van der Waals surface area (Å²) in [4.78, 5) is 2.70. The zero-order chi connectivity index (χ0) is 14.5. The predicted molar refractivity (Wildman–Crippen MR) is 90.3 cm³/mol. The van der Waals surface area contributed by atoms with Crippen LogP contribution in [0.1, 0.15) is 44.6 Å². The molecule has 2 heterocycles. The van der Waals surface area contributed by atoms with E-state index in [-0.39, 0.29) is 0 Å². The van der Waals surface area contributed by atoms with Crippen LogP contribution in [0, 0.1) is 0 Å². The molecule has 114 valence electrons. The van der Waals surface area contributed by atoms with Crippen molar-refractivity contribution >= 4 is 6.08 Å². The maximum Gasteiger partial charge on any atom is 0.0169 e. The van der Waals surface area contributed by atoms with Crippen molar-refractivity contribution in [3.8, 4) is 0 Å². The average molecular weight is 284 g/mol. The Balaban J connectivity index is 1.58. The molecule has 1 aromatic rings. The van der Waals surface area contributed by atoms with Gasteiger partial charge < -0.3 is 5.32 Å². The van der Waals surface area contributed by atoms with Crippen LogP contribution in [0.15, 0.2) is 36.4 Å². The van der Waals surface area contributed by atoms with Gasteiger partial charge in [-0.15, -0.1) is 0 Å². The maximum atomic E-state index is 3.75. The van der Waals surface area contributed by atoms with Gasteiger partial charge in [0.15, 0.2) is 0 Å².